The summed E-state index contributed by atoms with van der Waals surface area (Å²) in [6.07, 6.45) is 3.57. The van der Waals surface area contributed by atoms with Gasteiger partial charge in [0.25, 0.3) is 0 Å². The Morgan fingerprint density at radius 2 is 1.67 bits per heavy atom. The molecule has 1 unspecified atom stereocenters. The van der Waals surface area contributed by atoms with Crippen molar-refractivity contribution >= 4 is 0 Å². The fourth-order valence-corrected chi connectivity index (χ4v) is 2.44. The van der Waals surface area contributed by atoms with Gasteiger partial charge >= 0.3 is 0 Å². The van der Waals surface area contributed by atoms with E-state index in [0.717, 1.165) is 39.1 Å². The number of benzene rings is 1. The molecular weight excluding hydrogens is 258 g/mol. The summed E-state index contributed by atoms with van der Waals surface area (Å²) in [5, 5.41) is 3.46. The third-order valence-electron chi connectivity index (χ3n) is 3.99. The maximum atomic E-state index is 6.07. The van der Waals surface area contributed by atoms with E-state index in [0.29, 0.717) is 0 Å². The molecule has 1 aromatic carbocycles. The average Bonchev–Trinajstić information content (AvgIpc) is 2.52. The van der Waals surface area contributed by atoms with Gasteiger partial charge in [-0.25, -0.2) is 0 Å². The molecule has 0 heterocycles. The normalized spacial score (nSPS) is 12.8. The van der Waals surface area contributed by atoms with Crippen LogP contribution in [0.25, 0.3) is 0 Å². The van der Waals surface area contributed by atoms with Crippen molar-refractivity contribution in [2.24, 2.45) is 5.73 Å². The van der Waals surface area contributed by atoms with E-state index in [4.69, 9.17) is 5.73 Å². The minimum atomic E-state index is 0.284. The maximum Gasteiger partial charge on any atom is 0.0233 e. The molecule has 3 nitrogen and oxygen atoms in total. The Bertz CT molecular complexity index is 357. The highest BCUT2D eigenvalue weighted by molar-refractivity contribution is 5.22. The topological polar surface area (TPSA) is 41.3 Å². The van der Waals surface area contributed by atoms with Crippen LogP contribution in [-0.4, -0.2) is 30.6 Å². The number of hydrogen-bond donors (Lipinski definition) is 2. The molecule has 1 atom stereocenters. The Hall–Kier alpha value is -0.900. The van der Waals surface area contributed by atoms with Crippen molar-refractivity contribution in [2.75, 3.05) is 19.6 Å². The lowest BCUT2D eigenvalue weighted by Gasteiger charge is -2.18. The number of hydrogen-bond acceptors (Lipinski definition) is 3. The number of nitrogens with one attached hydrogen (secondary N) is 1. The van der Waals surface area contributed by atoms with Gasteiger partial charge in [0.2, 0.25) is 0 Å². The van der Waals surface area contributed by atoms with Gasteiger partial charge in [0.15, 0.2) is 0 Å². The van der Waals surface area contributed by atoms with Crippen LogP contribution in [0.5, 0.6) is 0 Å². The molecule has 21 heavy (non-hydrogen) atoms. The molecule has 0 aromatic heterocycles. The third kappa shape index (κ3) is 7.60. The molecule has 0 bridgehead atoms. The van der Waals surface area contributed by atoms with E-state index in [2.05, 4.69) is 55.3 Å². The standard InChI is InChI=1S/C18H33N3/c1-4-7-8-18(19)14-20-13-16-9-11-17(12-10-16)15-21(5-2)6-3/h9-12,18,20H,4-8,13-15,19H2,1-3H3. The summed E-state index contributed by atoms with van der Waals surface area (Å²) < 4.78 is 0. The van der Waals surface area contributed by atoms with Crippen molar-refractivity contribution in [1.29, 1.82) is 0 Å². The molecule has 0 aliphatic heterocycles. The minimum Gasteiger partial charge on any atom is -0.327 e. The zero-order valence-electron chi connectivity index (χ0n) is 14.1. The highest BCUT2D eigenvalue weighted by Gasteiger charge is 2.03. The molecule has 0 saturated heterocycles. The van der Waals surface area contributed by atoms with E-state index < -0.39 is 0 Å². The first kappa shape index (κ1) is 18.1. The summed E-state index contributed by atoms with van der Waals surface area (Å²) in [6.45, 7) is 11.7. The Morgan fingerprint density at radius 3 is 2.24 bits per heavy atom. The minimum absolute atomic E-state index is 0.284. The van der Waals surface area contributed by atoms with Gasteiger partial charge in [-0.1, -0.05) is 57.9 Å². The van der Waals surface area contributed by atoms with E-state index in [1.807, 2.05) is 0 Å². The van der Waals surface area contributed by atoms with Crippen LogP contribution in [0.15, 0.2) is 24.3 Å². The Balaban J connectivity index is 2.30. The first-order valence-corrected chi connectivity index (χ1v) is 8.46. The van der Waals surface area contributed by atoms with E-state index in [9.17, 15) is 0 Å². The SMILES string of the molecule is CCCCC(N)CNCc1ccc(CN(CC)CC)cc1. The largest absolute Gasteiger partial charge is 0.327 e. The van der Waals surface area contributed by atoms with E-state index in [-0.39, 0.29) is 6.04 Å². The molecule has 1 rings (SSSR count). The van der Waals surface area contributed by atoms with Gasteiger partial charge in [-0.2, -0.15) is 0 Å². The second kappa shape index (κ2) is 10.8. The number of nitrogens with two attached hydrogens (primary N) is 1. The van der Waals surface area contributed by atoms with Crippen molar-refractivity contribution in [3.8, 4) is 0 Å². The first-order chi connectivity index (χ1) is 10.2. The molecule has 0 spiro atoms. The van der Waals surface area contributed by atoms with Crippen LogP contribution in [0.4, 0.5) is 0 Å². The summed E-state index contributed by atoms with van der Waals surface area (Å²) in [5.41, 5.74) is 8.79. The molecule has 1 aromatic rings. The van der Waals surface area contributed by atoms with E-state index in [1.165, 1.54) is 24.0 Å². The maximum absolute atomic E-state index is 6.07. The Morgan fingerprint density at radius 1 is 1.05 bits per heavy atom. The van der Waals surface area contributed by atoms with Gasteiger partial charge in [0, 0.05) is 25.7 Å². The van der Waals surface area contributed by atoms with Gasteiger partial charge in [-0.05, 0) is 30.6 Å². The van der Waals surface area contributed by atoms with Crippen molar-refractivity contribution in [1.82, 2.24) is 10.2 Å². The van der Waals surface area contributed by atoms with Gasteiger partial charge in [-0.3, -0.25) is 4.90 Å². The first-order valence-electron chi connectivity index (χ1n) is 8.46. The lowest BCUT2D eigenvalue weighted by Crippen LogP contribution is -2.33. The zero-order chi connectivity index (χ0) is 15.5. The fraction of sp³-hybridized carbons (Fsp3) is 0.667. The highest BCUT2D eigenvalue weighted by atomic mass is 15.1. The number of nitrogens with zero attached hydrogens (tertiary/aromatic N) is 1. The molecule has 120 valence electrons. The van der Waals surface area contributed by atoms with Gasteiger partial charge in [-0.15, -0.1) is 0 Å². The molecule has 0 radical (unpaired) electrons. The van der Waals surface area contributed by atoms with Crippen molar-refractivity contribution in [3.63, 3.8) is 0 Å². The summed E-state index contributed by atoms with van der Waals surface area (Å²) >= 11 is 0. The van der Waals surface area contributed by atoms with Crippen molar-refractivity contribution < 1.29 is 0 Å². The molecular formula is C18H33N3. The second-order valence-electron chi connectivity index (χ2n) is 5.81. The predicted octanol–water partition coefficient (Wildman–Crippen LogP) is 3.14. The summed E-state index contributed by atoms with van der Waals surface area (Å²) in [7, 11) is 0. The lowest BCUT2D eigenvalue weighted by molar-refractivity contribution is 0.296. The zero-order valence-corrected chi connectivity index (χ0v) is 14.1. The lowest BCUT2D eigenvalue weighted by atomic mass is 10.1. The van der Waals surface area contributed by atoms with Crippen LogP contribution >= 0.6 is 0 Å². The van der Waals surface area contributed by atoms with E-state index in [1.54, 1.807) is 0 Å². The summed E-state index contributed by atoms with van der Waals surface area (Å²) in [5.74, 6) is 0. The van der Waals surface area contributed by atoms with Gasteiger partial charge < -0.3 is 11.1 Å². The summed E-state index contributed by atoms with van der Waals surface area (Å²) in [4.78, 5) is 2.43. The highest BCUT2D eigenvalue weighted by Crippen LogP contribution is 2.07. The summed E-state index contributed by atoms with van der Waals surface area (Å²) in [6, 6.07) is 9.22. The fourth-order valence-electron chi connectivity index (χ4n) is 2.44. The van der Waals surface area contributed by atoms with Crippen LogP contribution in [0.1, 0.15) is 51.2 Å². The molecule has 0 amide bonds. The molecule has 0 aliphatic rings. The third-order valence-corrected chi connectivity index (χ3v) is 3.99. The van der Waals surface area contributed by atoms with Gasteiger partial charge in [0.05, 0.1) is 0 Å². The van der Waals surface area contributed by atoms with Crippen LogP contribution in [0.2, 0.25) is 0 Å². The molecule has 3 N–H and O–H groups in total. The Kier molecular flexibility index (Phi) is 9.31. The molecule has 0 aliphatic carbocycles. The predicted molar refractivity (Wildman–Crippen MR) is 92.3 cm³/mol. The van der Waals surface area contributed by atoms with E-state index >= 15 is 0 Å². The quantitative estimate of drug-likeness (QED) is 0.658. The average molecular weight is 291 g/mol. The molecule has 0 fully saturated rings. The number of unbranched alkanes of at least 4 members (excludes halogenated alkanes) is 1. The van der Waals surface area contributed by atoms with Crippen molar-refractivity contribution in [2.45, 2.75) is 59.2 Å². The number of rotatable bonds is 11. The van der Waals surface area contributed by atoms with Gasteiger partial charge in [0.1, 0.15) is 0 Å². The van der Waals surface area contributed by atoms with Crippen LogP contribution in [0, 0.1) is 0 Å². The second-order valence-corrected chi connectivity index (χ2v) is 5.81. The van der Waals surface area contributed by atoms with Crippen LogP contribution in [0.3, 0.4) is 0 Å². The smallest absolute Gasteiger partial charge is 0.0233 e. The van der Waals surface area contributed by atoms with Crippen LogP contribution < -0.4 is 11.1 Å². The molecule has 3 heteroatoms. The van der Waals surface area contributed by atoms with Crippen molar-refractivity contribution in [3.05, 3.63) is 35.4 Å². The molecule has 0 saturated carbocycles. The monoisotopic (exact) mass is 291 g/mol. The van der Waals surface area contributed by atoms with Crippen LogP contribution in [-0.2, 0) is 13.1 Å². The Labute approximate surface area is 130 Å².